The van der Waals surface area contributed by atoms with E-state index in [1.807, 2.05) is 0 Å². The first kappa shape index (κ1) is 10.2. The minimum absolute atomic E-state index is 0.277. The van der Waals surface area contributed by atoms with Gasteiger partial charge in [0.1, 0.15) is 0 Å². The summed E-state index contributed by atoms with van der Waals surface area (Å²) in [6.07, 6.45) is 10.3. The van der Waals surface area contributed by atoms with E-state index < -0.39 is 0 Å². The molecule has 0 N–H and O–H groups in total. The molecular formula is C15H14V. The van der Waals surface area contributed by atoms with E-state index in [1.54, 1.807) is 15.4 Å². The van der Waals surface area contributed by atoms with Gasteiger partial charge in [-0.25, -0.2) is 0 Å². The fraction of sp³-hybridized carbons (Fsp3) is 0.200. The maximum absolute atomic E-state index is 2.36. The third-order valence-corrected chi connectivity index (χ3v) is 5.66. The molecule has 0 aromatic heterocycles. The Morgan fingerprint density at radius 3 is 2.94 bits per heavy atom. The van der Waals surface area contributed by atoms with Crippen LogP contribution in [0, 0.1) is 0 Å². The Morgan fingerprint density at radius 1 is 1.25 bits per heavy atom. The van der Waals surface area contributed by atoms with Crippen LogP contribution in [0.5, 0.6) is 0 Å². The first-order chi connectivity index (χ1) is 7.84. The summed E-state index contributed by atoms with van der Waals surface area (Å²) in [7, 11) is 0. The van der Waals surface area contributed by atoms with E-state index in [0.29, 0.717) is 4.63 Å². The van der Waals surface area contributed by atoms with Crippen molar-refractivity contribution in [1.29, 1.82) is 0 Å². The van der Waals surface area contributed by atoms with Crippen LogP contribution >= 0.6 is 0 Å². The van der Waals surface area contributed by atoms with E-state index >= 15 is 0 Å². The molecule has 0 aliphatic heterocycles. The molecule has 1 aromatic carbocycles. The monoisotopic (exact) mass is 245 g/mol. The summed E-state index contributed by atoms with van der Waals surface area (Å²) >= 11 is 0.277. The van der Waals surface area contributed by atoms with Crippen LogP contribution in [0.1, 0.15) is 29.1 Å². The zero-order valence-electron chi connectivity index (χ0n) is 9.35. The Balaban J connectivity index is 1.88. The van der Waals surface area contributed by atoms with Gasteiger partial charge in [-0.1, -0.05) is 0 Å². The molecule has 0 saturated carbocycles. The Kier molecular flexibility index (Phi) is 2.63. The van der Waals surface area contributed by atoms with E-state index in [9.17, 15) is 0 Å². The summed E-state index contributed by atoms with van der Waals surface area (Å²) in [6, 6.07) is 8.84. The average Bonchev–Trinajstić information content (AvgIpc) is 2.89. The summed E-state index contributed by atoms with van der Waals surface area (Å²) in [6.45, 7) is 2.28. The summed E-state index contributed by atoms with van der Waals surface area (Å²) in [5, 5.41) is 0. The average molecular weight is 245 g/mol. The van der Waals surface area contributed by atoms with Crippen molar-refractivity contribution in [2.24, 2.45) is 0 Å². The second kappa shape index (κ2) is 4.12. The van der Waals surface area contributed by atoms with Crippen molar-refractivity contribution in [2.45, 2.75) is 18.0 Å². The molecule has 16 heavy (non-hydrogen) atoms. The third kappa shape index (κ3) is 1.73. The summed E-state index contributed by atoms with van der Waals surface area (Å²) in [5.74, 6) is 0. The van der Waals surface area contributed by atoms with Gasteiger partial charge in [0.2, 0.25) is 0 Å². The standard InChI is InChI=1S/C10H9.C5H5.V/c1-8-6-9-4-2-3-5-10(9)7-8;1-2-4-5-3-1;/h2-7H,1H3;1-3H,4H2;. The van der Waals surface area contributed by atoms with Crippen LogP contribution in [-0.4, -0.2) is 0 Å². The second-order valence-electron chi connectivity index (χ2n) is 4.34. The first-order valence-electron chi connectivity index (χ1n) is 5.68. The van der Waals surface area contributed by atoms with Crippen LogP contribution in [0.15, 0.2) is 52.4 Å². The van der Waals surface area contributed by atoms with Gasteiger partial charge in [0.05, 0.1) is 0 Å². The Morgan fingerprint density at radius 2 is 2.12 bits per heavy atom. The van der Waals surface area contributed by atoms with Gasteiger partial charge in [0.15, 0.2) is 0 Å². The van der Waals surface area contributed by atoms with Crippen LogP contribution in [0.4, 0.5) is 0 Å². The van der Waals surface area contributed by atoms with Crippen molar-refractivity contribution in [3.63, 3.8) is 0 Å². The number of rotatable bonds is 2. The van der Waals surface area contributed by atoms with Gasteiger partial charge >= 0.3 is 104 Å². The predicted octanol–water partition coefficient (Wildman–Crippen LogP) is 4.07. The van der Waals surface area contributed by atoms with Crippen molar-refractivity contribution >= 4 is 6.08 Å². The number of hydrogen-bond acceptors (Lipinski definition) is 0. The van der Waals surface area contributed by atoms with Gasteiger partial charge in [-0.15, -0.1) is 0 Å². The zero-order chi connectivity index (χ0) is 11.0. The number of allylic oxidation sites excluding steroid dienone is 5. The van der Waals surface area contributed by atoms with Crippen LogP contribution < -0.4 is 0 Å². The topological polar surface area (TPSA) is 0 Å². The molecule has 0 bridgehead atoms. The molecule has 1 unspecified atom stereocenters. The molecule has 0 fully saturated rings. The van der Waals surface area contributed by atoms with Crippen molar-refractivity contribution < 1.29 is 16.3 Å². The Hall–Kier alpha value is -0.976. The van der Waals surface area contributed by atoms with Crippen LogP contribution in [0.3, 0.4) is 0 Å². The number of benzene rings is 1. The summed E-state index contributed by atoms with van der Waals surface area (Å²) < 4.78 is 2.37. The van der Waals surface area contributed by atoms with Crippen LogP contribution in [0.2, 0.25) is 0 Å². The maximum atomic E-state index is 2.36. The normalized spacial score (nSPS) is 21.7. The van der Waals surface area contributed by atoms with Gasteiger partial charge < -0.3 is 0 Å². The van der Waals surface area contributed by atoms with E-state index in [1.165, 1.54) is 12.0 Å². The fourth-order valence-electron chi connectivity index (χ4n) is 2.33. The molecule has 3 rings (SSSR count). The minimum atomic E-state index is 0.277. The molecule has 79 valence electrons. The molecular weight excluding hydrogens is 231 g/mol. The molecule has 0 amide bonds. The van der Waals surface area contributed by atoms with Gasteiger partial charge in [0.25, 0.3) is 0 Å². The predicted molar refractivity (Wildman–Crippen MR) is 64.7 cm³/mol. The Labute approximate surface area is 104 Å². The van der Waals surface area contributed by atoms with Crippen LogP contribution in [-0.2, 0) is 16.3 Å². The molecule has 1 atom stereocenters. The van der Waals surface area contributed by atoms with Crippen LogP contribution in [0.25, 0.3) is 6.08 Å². The molecule has 0 saturated heterocycles. The van der Waals surface area contributed by atoms with Crippen molar-refractivity contribution in [1.82, 2.24) is 0 Å². The van der Waals surface area contributed by atoms with E-state index in [2.05, 4.69) is 55.5 Å². The number of hydrogen-bond donors (Lipinski definition) is 0. The molecule has 0 heterocycles. The van der Waals surface area contributed by atoms with Gasteiger partial charge in [-0.3, -0.25) is 0 Å². The van der Waals surface area contributed by atoms with Crippen molar-refractivity contribution in [3.05, 3.63) is 63.5 Å². The van der Waals surface area contributed by atoms with Crippen molar-refractivity contribution in [2.75, 3.05) is 0 Å². The fourth-order valence-corrected chi connectivity index (χ4v) is 4.46. The molecule has 2 aliphatic carbocycles. The number of fused-ring (bicyclic) bond motifs is 1. The summed E-state index contributed by atoms with van der Waals surface area (Å²) in [5.41, 5.74) is 4.54. The molecule has 0 nitrogen and oxygen atoms in total. The molecule has 1 heteroatoms. The van der Waals surface area contributed by atoms with E-state index in [0.717, 1.165) is 0 Å². The van der Waals surface area contributed by atoms with Gasteiger partial charge in [-0.2, -0.15) is 0 Å². The quantitative estimate of drug-likeness (QED) is 0.736. The third-order valence-electron chi connectivity index (χ3n) is 3.15. The molecule has 0 spiro atoms. The first-order valence-corrected chi connectivity index (χ1v) is 7.19. The molecule has 0 radical (unpaired) electrons. The van der Waals surface area contributed by atoms with E-state index in [-0.39, 0.29) is 16.3 Å². The van der Waals surface area contributed by atoms with Crippen molar-refractivity contribution in [3.8, 4) is 0 Å². The Bertz CT molecular complexity index is 506. The molecule has 2 aliphatic rings. The second-order valence-corrected chi connectivity index (χ2v) is 6.45. The van der Waals surface area contributed by atoms with Gasteiger partial charge in [0, 0.05) is 0 Å². The molecule has 1 aromatic rings. The SMILES string of the molecule is CC1=Cc2ccccc2[CH]1[V][C]1=CC=CC1. The zero-order valence-corrected chi connectivity index (χ0v) is 10.7. The summed E-state index contributed by atoms with van der Waals surface area (Å²) in [4.78, 5) is 0. The van der Waals surface area contributed by atoms with Gasteiger partial charge in [-0.05, 0) is 0 Å². The van der Waals surface area contributed by atoms with E-state index in [4.69, 9.17) is 0 Å².